The minimum Gasteiger partial charge on any atom is -0.508 e. The van der Waals surface area contributed by atoms with Crippen molar-refractivity contribution in [2.24, 2.45) is 0 Å². The van der Waals surface area contributed by atoms with Gasteiger partial charge in [-0.05, 0) is 67.1 Å². The first-order chi connectivity index (χ1) is 19.6. The minimum absolute atomic E-state index is 0.0114. The van der Waals surface area contributed by atoms with Crippen molar-refractivity contribution >= 4 is 43.8 Å². The molecule has 4 rings (SSSR count). The summed E-state index contributed by atoms with van der Waals surface area (Å²) in [5.74, 6) is -1.60. The summed E-state index contributed by atoms with van der Waals surface area (Å²) in [7, 11) is 0. The largest absolute Gasteiger partial charge is 0.508 e. The number of esters is 1. The minimum atomic E-state index is -1.61. The van der Waals surface area contributed by atoms with E-state index in [-0.39, 0.29) is 22.6 Å². The van der Waals surface area contributed by atoms with Crippen LogP contribution in [0, 0.1) is 0 Å². The first-order valence-electron chi connectivity index (χ1n) is 14.3. The average molecular weight is 688 g/mol. The first-order valence-corrected chi connectivity index (χ1v) is 15.8. The summed E-state index contributed by atoms with van der Waals surface area (Å²) < 4.78 is 7.92. The number of fused-ring (bicyclic) bond motifs is 1. The van der Waals surface area contributed by atoms with E-state index in [0.29, 0.717) is 42.4 Å². The first kappa shape index (κ1) is 31.1. The number of benzene rings is 3. The van der Waals surface area contributed by atoms with Crippen LogP contribution in [-0.2, 0) is 36.0 Å². The molecule has 0 radical (unpaired) electrons. The highest BCUT2D eigenvalue weighted by molar-refractivity contribution is 9.11. The van der Waals surface area contributed by atoms with Crippen LogP contribution in [0.3, 0.4) is 0 Å². The van der Waals surface area contributed by atoms with Crippen molar-refractivity contribution in [3.8, 4) is 11.5 Å². The molecule has 0 spiro atoms. The molecule has 218 valence electrons. The van der Waals surface area contributed by atoms with Gasteiger partial charge in [-0.1, -0.05) is 85.2 Å². The second-order valence-electron chi connectivity index (χ2n) is 10.6. The van der Waals surface area contributed by atoms with Crippen LogP contribution < -0.4 is 0 Å². The number of carbonyl (C=O) groups is 2. The van der Waals surface area contributed by atoms with Crippen molar-refractivity contribution in [1.29, 1.82) is 0 Å². The SMILES string of the molecule is CCCc1c(O)cc(C2(c3cc(O)c(CCC)c(Br)c3CCC)OC(=O)c3ccc(C(=O)O)cc32)c(CCC)c1Br. The predicted octanol–water partition coefficient (Wildman–Crippen LogP) is 8.59. The second kappa shape index (κ2) is 12.6. The molecule has 0 amide bonds. The maximum Gasteiger partial charge on any atom is 0.340 e. The Morgan fingerprint density at radius 1 is 0.732 bits per heavy atom. The Morgan fingerprint density at radius 2 is 1.17 bits per heavy atom. The van der Waals surface area contributed by atoms with Gasteiger partial charge in [-0.3, -0.25) is 0 Å². The molecule has 3 N–H and O–H groups in total. The Bertz CT molecular complexity index is 1440. The van der Waals surface area contributed by atoms with Crippen LogP contribution in [0.4, 0.5) is 0 Å². The van der Waals surface area contributed by atoms with E-state index in [1.54, 1.807) is 12.1 Å². The van der Waals surface area contributed by atoms with E-state index in [1.807, 2.05) is 13.8 Å². The number of aromatic hydroxyl groups is 2. The van der Waals surface area contributed by atoms with E-state index in [9.17, 15) is 24.9 Å². The van der Waals surface area contributed by atoms with Crippen molar-refractivity contribution in [3.05, 3.63) is 89.3 Å². The predicted molar refractivity (Wildman–Crippen MR) is 166 cm³/mol. The molecule has 3 aromatic carbocycles. The van der Waals surface area contributed by atoms with Crippen LogP contribution in [0.1, 0.15) is 113 Å². The van der Waals surface area contributed by atoms with Gasteiger partial charge in [0.1, 0.15) is 11.5 Å². The molecule has 1 aliphatic heterocycles. The summed E-state index contributed by atoms with van der Waals surface area (Å²) in [5, 5.41) is 32.6. The van der Waals surface area contributed by atoms with E-state index in [4.69, 9.17) is 4.74 Å². The van der Waals surface area contributed by atoms with E-state index in [1.165, 1.54) is 18.2 Å². The molecule has 0 unspecified atom stereocenters. The number of hydrogen-bond donors (Lipinski definition) is 3. The number of phenols is 2. The average Bonchev–Trinajstić information content (AvgIpc) is 3.24. The molecular weight excluding hydrogens is 652 g/mol. The van der Waals surface area contributed by atoms with E-state index in [0.717, 1.165) is 56.9 Å². The smallest absolute Gasteiger partial charge is 0.340 e. The highest BCUT2D eigenvalue weighted by Crippen LogP contribution is 2.54. The van der Waals surface area contributed by atoms with Gasteiger partial charge in [0, 0.05) is 36.8 Å². The molecule has 0 saturated heterocycles. The Balaban J connectivity index is 2.25. The summed E-state index contributed by atoms with van der Waals surface area (Å²) in [5.41, 5.74) is 3.40. The number of carboxylic acids is 1. The standard InChI is InChI=1S/C33H36Br2O6/c1-5-9-19-25(16-27(36)22(11-7-3)29(19)34)33(24-15-18(31(38)39)13-14-21(24)32(40)41-33)26-17-28(37)23(12-8-4)30(35)20(26)10-6-2/h13-17,36-37H,5-12H2,1-4H3,(H,38,39). The van der Waals surface area contributed by atoms with E-state index in [2.05, 4.69) is 45.7 Å². The van der Waals surface area contributed by atoms with Gasteiger partial charge in [0.05, 0.1) is 11.1 Å². The zero-order chi connectivity index (χ0) is 30.1. The third kappa shape index (κ3) is 5.29. The molecule has 41 heavy (non-hydrogen) atoms. The third-order valence-corrected chi connectivity index (χ3v) is 9.68. The van der Waals surface area contributed by atoms with Crippen LogP contribution >= 0.6 is 31.9 Å². The number of carbonyl (C=O) groups excluding carboxylic acids is 1. The van der Waals surface area contributed by atoms with Crippen LogP contribution in [0.5, 0.6) is 11.5 Å². The van der Waals surface area contributed by atoms with Crippen molar-refractivity contribution < 1.29 is 29.6 Å². The zero-order valence-electron chi connectivity index (χ0n) is 23.9. The molecule has 0 bridgehead atoms. The molecule has 0 fully saturated rings. The molecule has 0 saturated carbocycles. The normalized spacial score (nSPS) is 13.8. The van der Waals surface area contributed by atoms with Crippen LogP contribution in [-0.4, -0.2) is 27.3 Å². The molecule has 1 aliphatic rings. The number of aromatic carboxylic acids is 1. The summed E-state index contributed by atoms with van der Waals surface area (Å²) in [6.45, 7) is 8.18. The Morgan fingerprint density at radius 3 is 1.59 bits per heavy atom. The van der Waals surface area contributed by atoms with Gasteiger partial charge in [0.15, 0.2) is 5.60 Å². The van der Waals surface area contributed by atoms with E-state index >= 15 is 0 Å². The highest BCUT2D eigenvalue weighted by Gasteiger charge is 2.52. The third-order valence-electron chi connectivity index (χ3n) is 7.76. The summed E-state index contributed by atoms with van der Waals surface area (Å²) in [6.07, 6.45) is 5.73. The van der Waals surface area contributed by atoms with Crippen molar-refractivity contribution in [3.63, 3.8) is 0 Å². The fraction of sp³-hybridized carbons (Fsp3) is 0.394. The topological polar surface area (TPSA) is 104 Å². The van der Waals surface area contributed by atoms with Crippen LogP contribution in [0.2, 0.25) is 0 Å². The molecule has 6 nitrogen and oxygen atoms in total. The van der Waals surface area contributed by atoms with Gasteiger partial charge < -0.3 is 20.1 Å². The number of rotatable bonds is 11. The summed E-state index contributed by atoms with van der Waals surface area (Å²) >= 11 is 7.56. The lowest BCUT2D eigenvalue weighted by Gasteiger charge is -2.36. The number of phenolic OH excluding ortho intramolecular Hbond substituents is 2. The maximum atomic E-state index is 13.6. The number of cyclic esters (lactones) is 1. The number of carboxylic acid groups (broad SMARTS) is 1. The van der Waals surface area contributed by atoms with Gasteiger partial charge in [0.2, 0.25) is 0 Å². The number of hydrogen-bond acceptors (Lipinski definition) is 5. The molecular formula is C33H36Br2O6. The van der Waals surface area contributed by atoms with Gasteiger partial charge in [0.25, 0.3) is 0 Å². The molecule has 0 aliphatic carbocycles. The second-order valence-corrected chi connectivity index (χ2v) is 12.2. The van der Waals surface area contributed by atoms with Gasteiger partial charge in [-0.25, -0.2) is 9.59 Å². The lowest BCUT2D eigenvalue weighted by Crippen LogP contribution is -2.33. The Labute approximate surface area is 258 Å². The number of ether oxygens (including phenoxy) is 1. The lowest BCUT2D eigenvalue weighted by molar-refractivity contribution is 0.0244. The van der Waals surface area contributed by atoms with Gasteiger partial charge >= 0.3 is 11.9 Å². The molecule has 3 aromatic rings. The molecule has 0 aromatic heterocycles. The van der Waals surface area contributed by atoms with Crippen molar-refractivity contribution in [2.75, 3.05) is 0 Å². The zero-order valence-corrected chi connectivity index (χ0v) is 27.0. The Hall–Kier alpha value is -2.84. The van der Waals surface area contributed by atoms with Crippen molar-refractivity contribution in [2.45, 2.75) is 84.7 Å². The van der Waals surface area contributed by atoms with Crippen LogP contribution in [0.15, 0.2) is 39.3 Å². The quantitative estimate of drug-likeness (QED) is 0.175. The Kier molecular flexibility index (Phi) is 9.54. The van der Waals surface area contributed by atoms with Gasteiger partial charge in [-0.15, -0.1) is 0 Å². The molecule has 0 atom stereocenters. The number of halogens is 2. The van der Waals surface area contributed by atoms with Gasteiger partial charge in [-0.2, -0.15) is 0 Å². The summed E-state index contributed by atoms with van der Waals surface area (Å²) in [4.78, 5) is 25.7. The van der Waals surface area contributed by atoms with Crippen LogP contribution in [0.25, 0.3) is 0 Å². The fourth-order valence-electron chi connectivity index (χ4n) is 5.98. The maximum absolute atomic E-state index is 13.6. The molecule has 8 heteroatoms. The fourth-order valence-corrected chi connectivity index (χ4v) is 7.61. The lowest BCUT2D eigenvalue weighted by atomic mass is 9.73. The monoisotopic (exact) mass is 686 g/mol. The van der Waals surface area contributed by atoms with Crippen molar-refractivity contribution in [1.82, 2.24) is 0 Å². The highest BCUT2D eigenvalue weighted by atomic mass is 79.9. The molecule has 1 heterocycles. The van der Waals surface area contributed by atoms with E-state index < -0.39 is 17.5 Å². The summed E-state index contributed by atoms with van der Waals surface area (Å²) in [6, 6.07) is 7.70.